The van der Waals surface area contributed by atoms with E-state index in [1.807, 2.05) is 22.9 Å². The van der Waals surface area contributed by atoms with Gasteiger partial charge in [0.25, 0.3) is 0 Å². The van der Waals surface area contributed by atoms with Crippen molar-refractivity contribution in [2.45, 2.75) is 32.7 Å². The summed E-state index contributed by atoms with van der Waals surface area (Å²) in [4.78, 5) is 0. The fraction of sp³-hybridized carbons (Fsp3) is 0.400. The monoisotopic (exact) mass is 277 g/mol. The van der Waals surface area contributed by atoms with Gasteiger partial charge in [0.15, 0.2) is 0 Å². The molecule has 3 nitrogen and oxygen atoms in total. The summed E-state index contributed by atoms with van der Waals surface area (Å²) in [6.45, 7) is 4.76. The summed E-state index contributed by atoms with van der Waals surface area (Å²) >= 11 is 6.07. The van der Waals surface area contributed by atoms with E-state index in [-0.39, 0.29) is 6.04 Å². The fourth-order valence-corrected chi connectivity index (χ4v) is 2.49. The Morgan fingerprint density at radius 2 is 2.05 bits per heavy atom. The molecule has 1 aromatic heterocycles. The summed E-state index contributed by atoms with van der Waals surface area (Å²) in [5.41, 5.74) is 9.39. The van der Waals surface area contributed by atoms with Crippen LogP contribution in [0.1, 0.15) is 36.8 Å². The van der Waals surface area contributed by atoms with Crippen LogP contribution in [0.5, 0.6) is 0 Å². The largest absolute Gasteiger partial charge is 0.328 e. The zero-order chi connectivity index (χ0) is 13.8. The fourth-order valence-electron chi connectivity index (χ4n) is 2.29. The maximum atomic E-state index is 6.07. The van der Waals surface area contributed by atoms with E-state index < -0.39 is 0 Å². The van der Waals surface area contributed by atoms with Crippen LogP contribution in [-0.4, -0.2) is 16.3 Å². The van der Waals surface area contributed by atoms with E-state index in [2.05, 4.69) is 31.1 Å². The highest BCUT2D eigenvalue weighted by atomic mass is 35.5. The van der Waals surface area contributed by atoms with Gasteiger partial charge in [-0.05, 0) is 36.6 Å². The van der Waals surface area contributed by atoms with Gasteiger partial charge in [0.2, 0.25) is 0 Å². The second-order valence-electron chi connectivity index (χ2n) is 4.59. The quantitative estimate of drug-likeness (QED) is 0.912. The first kappa shape index (κ1) is 14.1. The maximum absolute atomic E-state index is 6.07. The van der Waals surface area contributed by atoms with Crippen molar-refractivity contribution >= 4 is 11.6 Å². The SMILES string of the molecule is CCc1cc(CC)n(C(CN)c2cccc(Cl)c2)n1. The molecule has 4 heteroatoms. The summed E-state index contributed by atoms with van der Waals surface area (Å²) in [7, 11) is 0. The first-order valence-electron chi connectivity index (χ1n) is 6.72. The molecule has 0 saturated heterocycles. The van der Waals surface area contributed by atoms with Gasteiger partial charge in [-0.15, -0.1) is 0 Å². The van der Waals surface area contributed by atoms with Crippen LogP contribution in [0.2, 0.25) is 5.02 Å². The highest BCUT2D eigenvalue weighted by molar-refractivity contribution is 6.30. The molecular weight excluding hydrogens is 258 g/mol. The van der Waals surface area contributed by atoms with Crippen molar-refractivity contribution in [1.82, 2.24) is 9.78 Å². The number of halogens is 1. The Morgan fingerprint density at radius 1 is 1.26 bits per heavy atom. The van der Waals surface area contributed by atoms with Gasteiger partial charge >= 0.3 is 0 Å². The van der Waals surface area contributed by atoms with Crippen LogP contribution in [0.4, 0.5) is 0 Å². The molecule has 2 rings (SSSR count). The van der Waals surface area contributed by atoms with Crippen molar-refractivity contribution in [1.29, 1.82) is 0 Å². The van der Waals surface area contributed by atoms with E-state index in [4.69, 9.17) is 17.3 Å². The van der Waals surface area contributed by atoms with Crippen molar-refractivity contribution in [2.24, 2.45) is 5.73 Å². The van der Waals surface area contributed by atoms with E-state index >= 15 is 0 Å². The molecule has 1 heterocycles. The van der Waals surface area contributed by atoms with E-state index in [9.17, 15) is 0 Å². The minimum Gasteiger partial charge on any atom is -0.328 e. The molecule has 2 N–H and O–H groups in total. The van der Waals surface area contributed by atoms with Gasteiger partial charge in [-0.1, -0.05) is 37.6 Å². The van der Waals surface area contributed by atoms with Gasteiger partial charge in [-0.3, -0.25) is 4.68 Å². The predicted molar refractivity (Wildman–Crippen MR) is 79.6 cm³/mol. The molecule has 0 saturated carbocycles. The molecule has 102 valence electrons. The van der Waals surface area contributed by atoms with Crippen molar-refractivity contribution < 1.29 is 0 Å². The van der Waals surface area contributed by atoms with E-state index in [0.29, 0.717) is 6.54 Å². The topological polar surface area (TPSA) is 43.8 Å². The van der Waals surface area contributed by atoms with Crippen molar-refractivity contribution in [3.05, 3.63) is 52.3 Å². The lowest BCUT2D eigenvalue weighted by Gasteiger charge is -2.19. The predicted octanol–water partition coefficient (Wildman–Crippen LogP) is 3.21. The molecule has 19 heavy (non-hydrogen) atoms. The molecule has 0 fully saturated rings. The molecule has 0 radical (unpaired) electrons. The van der Waals surface area contributed by atoms with Crippen molar-refractivity contribution in [2.75, 3.05) is 6.54 Å². The number of aryl methyl sites for hydroxylation is 2. The standard InChI is InChI=1S/C15H20ClN3/c1-3-13-9-14(4-2)19(18-13)15(10-17)11-6-5-7-12(16)8-11/h5-9,15H,3-4,10,17H2,1-2H3. The minimum atomic E-state index is 0.0500. The lowest BCUT2D eigenvalue weighted by atomic mass is 10.1. The molecule has 1 atom stereocenters. The summed E-state index contributed by atoms with van der Waals surface area (Å²) in [5.74, 6) is 0. The van der Waals surface area contributed by atoms with Gasteiger partial charge in [-0.25, -0.2) is 0 Å². The molecular formula is C15H20ClN3. The Kier molecular flexibility index (Phi) is 4.61. The molecule has 0 spiro atoms. The summed E-state index contributed by atoms with van der Waals surface area (Å²) in [6.07, 6.45) is 1.89. The number of nitrogens with two attached hydrogens (primary N) is 1. The Morgan fingerprint density at radius 3 is 2.63 bits per heavy atom. The van der Waals surface area contributed by atoms with Crippen LogP contribution in [-0.2, 0) is 12.8 Å². The maximum Gasteiger partial charge on any atom is 0.0894 e. The average molecular weight is 278 g/mol. The Hall–Kier alpha value is -1.32. The summed E-state index contributed by atoms with van der Waals surface area (Å²) < 4.78 is 2.05. The summed E-state index contributed by atoms with van der Waals surface area (Å²) in [6, 6.07) is 10.1. The smallest absolute Gasteiger partial charge is 0.0894 e. The van der Waals surface area contributed by atoms with Crippen LogP contribution in [0.3, 0.4) is 0 Å². The molecule has 0 aliphatic rings. The van der Waals surface area contributed by atoms with E-state index in [1.54, 1.807) is 0 Å². The van der Waals surface area contributed by atoms with Crippen molar-refractivity contribution in [3.63, 3.8) is 0 Å². The second-order valence-corrected chi connectivity index (χ2v) is 5.02. The number of benzene rings is 1. The number of hydrogen-bond donors (Lipinski definition) is 1. The highest BCUT2D eigenvalue weighted by Crippen LogP contribution is 2.23. The molecule has 1 unspecified atom stereocenters. The zero-order valence-corrected chi connectivity index (χ0v) is 12.2. The number of aromatic nitrogens is 2. The lowest BCUT2D eigenvalue weighted by molar-refractivity contribution is 0.508. The normalized spacial score (nSPS) is 12.6. The molecule has 0 aliphatic carbocycles. The Balaban J connectivity index is 2.44. The lowest BCUT2D eigenvalue weighted by Crippen LogP contribution is -2.23. The van der Waals surface area contributed by atoms with Gasteiger partial charge in [0.05, 0.1) is 11.7 Å². The molecule has 0 bridgehead atoms. The second kappa shape index (κ2) is 6.22. The number of hydrogen-bond acceptors (Lipinski definition) is 2. The molecule has 1 aromatic carbocycles. The van der Waals surface area contributed by atoms with Gasteiger partial charge < -0.3 is 5.73 Å². The summed E-state index contributed by atoms with van der Waals surface area (Å²) in [5, 5.41) is 5.40. The van der Waals surface area contributed by atoms with E-state index in [1.165, 1.54) is 5.69 Å². The first-order valence-corrected chi connectivity index (χ1v) is 7.10. The first-order chi connectivity index (χ1) is 9.19. The van der Waals surface area contributed by atoms with Crippen LogP contribution >= 0.6 is 11.6 Å². The molecule has 0 amide bonds. The van der Waals surface area contributed by atoms with Crippen LogP contribution in [0.15, 0.2) is 30.3 Å². The minimum absolute atomic E-state index is 0.0500. The highest BCUT2D eigenvalue weighted by Gasteiger charge is 2.17. The average Bonchev–Trinajstić information content (AvgIpc) is 2.83. The molecule has 0 aliphatic heterocycles. The van der Waals surface area contributed by atoms with Gasteiger partial charge in [0.1, 0.15) is 0 Å². The third-order valence-electron chi connectivity index (χ3n) is 3.34. The number of nitrogens with zero attached hydrogens (tertiary/aromatic N) is 2. The van der Waals surface area contributed by atoms with Crippen LogP contribution in [0.25, 0.3) is 0 Å². The van der Waals surface area contributed by atoms with Crippen LogP contribution < -0.4 is 5.73 Å². The Bertz CT molecular complexity index is 548. The van der Waals surface area contributed by atoms with Crippen molar-refractivity contribution in [3.8, 4) is 0 Å². The zero-order valence-electron chi connectivity index (χ0n) is 11.4. The number of rotatable bonds is 5. The molecule has 2 aromatic rings. The third kappa shape index (κ3) is 2.99. The third-order valence-corrected chi connectivity index (χ3v) is 3.58. The van der Waals surface area contributed by atoms with Gasteiger partial charge in [0, 0.05) is 17.3 Å². The Labute approximate surface area is 119 Å². The van der Waals surface area contributed by atoms with E-state index in [0.717, 1.165) is 29.1 Å². The van der Waals surface area contributed by atoms with Crippen LogP contribution in [0, 0.1) is 0 Å². The van der Waals surface area contributed by atoms with Gasteiger partial charge in [-0.2, -0.15) is 5.10 Å².